The maximum atomic E-state index is 13.8. The first kappa shape index (κ1) is 24.3. The van der Waals surface area contributed by atoms with Crippen molar-refractivity contribution in [3.05, 3.63) is 51.7 Å². The number of ether oxygens (including phenoxy) is 2. The van der Waals surface area contributed by atoms with E-state index in [0.717, 1.165) is 62.9 Å². The van der Waals surface area contributed by atoms with Crippen LogP contribution < -0.4 is 4.74 Å². The second-order valence-corrected chi connectivity index (χ2v) is 11.1. The largest absolute Gasteiger partial charge is 0.491 e. The first-order chi connectivity index (χ1) is 17.1. The SMILES string of the molecule is Cc1ccccc1OCC1c2ccsc2CCN1C(=O)CN(CC1CCCO1)C(=O)C1CCCC1. The van der Waals surface area contributed by atoms with Crippen LogP contribution in [0.15, 0.2) is 35.7 Å². The molecule has 0 bridgehead atoms. The number of carbonyl (C=O) groups excluding carboxylic acids is 2. The van der Waals surface area contributed by atoms with Gasteiger partial charge in [-0.25, -0.2) is 0 Å². The van der Waals surface area contributed by atoms with Crippen LogP contribution in [0.5, 0.6) is 5.75 Å². The van der Waals surface area contributed by atoms with Gasteiger partial charge in [0.2, 0.25) is 11.8 Å². The Morgan fingerprint density at radius 2 is 1.97 bits per heavy atom. The van der Waals surface area contributed by atoms with Gasteiger partial charge < -0.3 is 19.3 Å². The number of hydrogen-bond acceptors (Lipinski definition) is 5. The van der Waals surface area contributed by atoms with E-state index < -0.39 is 0 Å². The highest BCUT2D eigenvalue weighted by molar-refractivity contribution is 7.10. The molecule has 3 aliphatic rings. The van der Waals surface area contributed by atoms with Crippen molar-refractivity contribution < 1.29 is 19.1 Å². The van der Waals surface area contributed by atoms with Crippen LogP contribution in [0, 0.1) is 12.8 Å². The molecule has 3 heterocycles. The summed E-state index contributed by atoms with van der Waals surface area (Å²) in [7, 11) is 0. The molecular formula is C28H36N2O4S. The van der Waals surface area contributed by atoms with E-state index >= 15 is 0 Å². The second-order valence-electron chi connectivity index (χ2n) is 10.1. The number of thiophene rings is 1. The first-order valence-electron chi connectivity index (χ1n) is 13.0. The topological polar surface area (TPSA) is 59.1 Å². The van der Waals surface area contributed by atoms with E-state index in [1.54, 1.807) is 16.2 Å². The van der Waals surface area contributed by atoms with Crippen LogP contribution >= 0.6 is 11.3 Å². The standard InChI is InChI=1S/C28H36N2O4S/c1-20-7-2-5-11-25(20)34-19-24-23-13-16-35-26(23)12-14-30(24)27(31)18-29(17-22-10-6-15-33-22)28(32)21-8-3-4-9-21/h2,5,7,11,13,16,21-22,24H,3-4,6,8-10,12,14-15,17-19H2,1H3. The Balaban J connectivity index is 1.32. The van der Waals surface area contributed by atoms with Gasteiger partial charge in [-0.3, -0.25) is 9.59 Å². The Morgan fingerprint density at radius 1 is 1.14 bits per heavy atom. The number of fused-ring (bicyclic) bond motifs is 1. The number of benzene rings is 1. The monoisotopic (exact) mass is 496 g/mol. The average Bonchev–Trinajstić information content (AvgIpc) is 3.65. The van der Waals surface area contributed by atoms with Crippen LogP contribution in [0.4, 0.5) is 0 Å². The van der Waals surface area contributed by atoms with Gasteiger partial charge in [-0.1, -0.05) is 31.0 Å². The molecule has 188 valence electrons. The fourth-order valence-corrected chi connectivity index (χ4v) is 6.64. The minimum atomic E-state index is -0.150. The van der Waals surface area contributed by atoms with E-state index in [-0.39, 0.29) is 36.4 Å². The number of para-hydroxylation sites is 1. The molecule has 2 amide bonds. The molecule has 1 aromatic carbocycles. The molecule has 1 aromatic heterocycles. The minimum absolute atomic E-state index is 0.00424. The lowest BCUT2D eigenvalue weighted by molar-refractivity contribution is -0.146. The lowest BCUT2D eigenvalue weighted by atomic mass is 10.00. The number of nitrogens with zero attached hydrogens (tertiary/aromatic N) is 2. The van der Waals surface area contributed by atoms with E-state index in [4.69, 9.17) is 9.47 Å². The summed E-state index contributed by atoms with van der Waals surface area (Å²) < 4.78 is 12.1. The molecule has 7 heteroatoms. The molecule has 2 aromatic rings. The third-order valence-corrected chi connectivity index (χ3v) is 8.69. The van der Waals surface area contributed by atoms with E-state index in [1.807, 2.05) is 36.1 Å². The Kier molecular flexibility index (Phi) is 7.73. The molecule has 1 saturated carbocycles. The summed E-state index contributed by atoms with van der Waals surface area (Å²) >= 11 is 1.75. The predicted molar refractivity (Wildman–Crippen MR) is 137 cm³/mol. The first-order valence-corrected chi connectivity index (χ1v) is 13.9. The summed E-state index contributed by atoms with van der Waals surface area (Å²) in [6, 6.07) is 9.96. The number of amides is 2. The maximum Gasteiger partial charge on any atom is 0.242 e. The van der Waals surface area contributed by atoms with E-state index in [9.17, 15) is 9.59 Å². The molecule has 0 N–H and O–H groups in total. The van der Waals surface area contributed by atoms with Crippen molar-refractivity contribution in [3.63, 3.8) is 0 Å². The van der Waals surface area contributed by atoms with Gasteiger partial charge in [0.05, 0.1) is 18.7 Å². The van der Waals surface area contributed by atoms with Crippen LogP contribution in [-0.4, -0.2) is 60.6 Å². The summed E-state index contributed by atoms with van der Waals surface area (Å²) in [6.45, 7) is 4.48. The highest BCUT2D eigenvalue weighted by Crippen LogP contribution is 2.35. The second kappa shape index (κ2) is 11.1. The van der Waals surface area contributed by atoms with E-state index in [1.165, 1.54) is 10.4 Å². The molecular weight excluding hydrogens is 460 g/mol. The zero-order chi connectivity index (χ0) is 24.2. The zero-order valence-electron chi connectivity index (χ0n) is 20.6. The molecule has 1 aliphatic carbocycles. The number of rotatable bonds is 8. The Hall–Kier alpha value is -2.38. The van der Waals surface area contributed by atoms with Gasteiger partial charge in [-0.05, 0) is 67.7 Å². The number of aryl methyl sites for hydroxylation is 1. The highest BCUT2D eigenvalue weighted by Gasteiger charge is 2.36. The van der Waals surface area contributed by atoms with Crippen molar-refractivity contribution in [1.29, 1.82) is 0 Å². The van der Waals surface area contributed by atoms with Crippen molar-refractivity contribution in [1.82, 2.24) is 9.80 Å². The predicted octanol–water partition coefficient (Wildman–Crippen LogP) is 4.76. The summed E-state index contributed by atoms with van der Waals surface area (Å²) in [5.41, 5.74) is 2.26. The normalized spacial score (nSPS) is 22.3. The van der Waals surface area contributed by atoms with Gasteiger partial charge in [0.25, 0.3) is 0 Å². The lowest BCUT2D eigenvalue weighted by Crippen LogP contribution is -2.50. The van der Waals surface area contributed by atoms with Gasteiger partial charge in [-0.15, -0.1) is 11.3 Å². The van der Waals surface area contributed by atoms with Crippen LogP contribution in [-0.2, 0) is 20.7 Å². The quantitative estimate of drug-likeness (QED) is 0.529. The Labute approximate surface area is 212 Å². The number of hydrogen-bond donors (Lipinski definition) is 0. The lowest BCUT2D eigenvalue weighted by Gasteiger charge is -2.37. The molecule has 1 saturated heterocycles. The molecule has 35 heavy (non-hydrogen) atoms. The summed E-state index contributed by atoms with van der Waals surface area (Å²) in [5, 5.41) is 2.10. The van der Waals surface area contributed by atoms with E-state index in [2.05, 4.69) is 11.4 Å². The van der Waals surface area contributed by atoms with Crippen LogP contribution in [0.2, 0.25) is 0 Å². The molecule has 2 aliphatic heterocycles. The van der Waals surface area contributed by atoms with Crippen LogP contribution in [0.3, 0.4) is 0 Å². The Bertz CT molecular complexity index is 1030. The van der Waals surface area contributed by atoms with Gasteiger partial charge >= 0.3 is 0 Å². The molecule has 0 radical (unpaired) electrons. The summed E-state index contributed by atoms with van der Waals surface area (Å²) in [4.78, 5) is 32.2. The number of carbonyl (C=O) groups is 2. The molecule has 2 atom stereocenters. The van der Waals surface area contributed by atoms with Crippen molar-refractivity contribution in [3.8, 4) is 5.75 Å². The molecule has 6 nitrogen and oxygen atoms in total. The highest BCUT2D eigenvalue weighted by atomic mass is 32.1. The van der Waals surface area contributed by atoms with Crippen molar-refractivity contribution >= 4 is 23.2 Å². The third-order valence-electron chi connectivity index (χ3n) is 7.70. The molecule has 2 fully saturated rings. The maximum absolute atomic E-state index is 13.8. The minimum Gasteiger partial charge on any atom is -0.491 e. The smallest absolute Gasteiger partial charge is 0.242 e. The zero-order valence-corrected chi connectivity index (χ0v) is 21.4. The van der Waals surface area contributed by atoms with Crippen molar-refractivity contribution in [2.75, 3.05) is 32.8 Å². The summed E-state index contributed by atoms with van der Waals surface area (Å²) in [6.07, 6.45) is 6.94. The molecule has 5 rings (SSSR count). The van der Waals surface area contributed by atoms with Crippen LogP contribution in [0.25, 0.3) is 0 Å². The van der Waals surface area contributed by atoms with Crippen molar-refractivity contribution in [2.24, 2.45) is 5.92 Å². The van der Waals surface area contributed by atoms with Gasteiger partial charge in [-0.2, -0.15) is 0 Å². The van der Waals surface area contributed by atoms with Gasteiger partial charge in [0.1, 0.15) is 12.4 Å². The average molecular weight is 497 g/mol. The van der Waals surface area contributed by atoms with Crippen LogP contribution in [0.1, 0.15) is 60.6 Å². The fourth-order valence-electron chi connectivity index (χ4n) is 5.71. The molecule has 2 unspecified atom stereocenters. The molecule has 0 spiro atoms. The van der Waals surface area contributed by atoms with Crippen molar-refractivity contribution in [2.45, 2.75) is 64.0 Å². The van der Waals surface area contributed by atoms with E-state index in [0.29, 0.717) is 19.7 Å². The van der Waals surface area contributed by atoms with Gasteiger partial charge in [0, 0.05) is 30.5 Å². The summed E-state index contributed by atoms with van der Waals surface area (Å²) in [5.74, 6) is 1.03. The Morgan fingerprint density at radius 3 is 2.74 bits per heavy atom. The fraction of sp³-hybridized carbons (Fsp3) is 0.571. The third kappa shape index (κ3) is 5.56. The van der Waals surface area contributed by atoms with Gasteiger partial charge in [0.15, 0.2) is 0 Å².